The summed E-state index contributed by atoms with van der Waals surface area (Å²) >= 11 is 0. The number of methoxy groups -OCH3 is 1. The van der Waals surface area contributed by atoms with Crippen LogP contribution in [0, 0.1) is 0 Å². The van der Waals surface area contributed by atoms with E-state index < -0.39 is 6.10 Å². The molecule has 0 aromatic heterocycles. The highest BCUT2D eigenvalue weighted by atomic mass is 16.5. The lowest BCUT2D eigenvalue weighted by Crippen LogP contribution is -2.45. The molecule has 0 saturated heterocycles. The highest BCUT2D eigenvalue weighted by molar-refractivity contribution is 5.46. The summed E-state index contributed by atoms with van der Waals surface area (Å²) in [5, 5.41) is 10.5. The summed E-state index contributed by atoms with van der Waals surface area (Å²) in [6, 6.07) is 6.01. The van der Waals surface area contributed by atoms with Gasteiger partial charge in [0.1, 0.15) is 11.9 Å². The SMILES string of the molecule is COC1(C(O)c2cccc3c2OCC3)CCC1. The molecular formula is C14H18O3. The number of ether oxygens (including phenoxy) is 2. The highest BCUT2D eigenvalue weighted by Crippen LogP contribution is 2.47. The second-order valence-electron chi connectivity index (χ2n) is 4.96. The van der Waals surface area contributed by atoms with Crippen molar-refractivity contribution in [2.45, 2.75) is 37.4 Å². The van der Waals surface area contributed by atoms with Crippen molar-refractivity contribution in [2.75, 3.05) is 13.7 Å². The standard InChI is InChI=1S/C14H18O3/c1-16-14(7-3-8-14)13(15)11-5-2-4-10-6-9-17-12(10)11/h2,4-5,13,15H,3,6-9H2,1H3. The topological polar surface area (TPSA) is 38.7 Å². The normalized spacial score (nSPS) is 22.5. The van der Waals surface area contributed by atoms with Crippen LogP contribution in [0.4, 0.5) is 0 Å². The van der Waals surface area contributed by atoms with E-state index in [-0.39, 0.29) is 5.60 Å². The Morgan fingerprint density at radius 1 is 1.41 bits per heavy atom. The van der Waals surface area contributed by atoms with Gasteiger partial charge in [-0.1, -0.05) is 18.2 Å². The summed E-state index contributed by atoms with van der Waals surface area (Å²) in [5.74, 6) is 0.878. The van der Waals surface area contributed by atoms with Crippen LogP contribution in [0.5, 0.6) is 5.75 Å². The molecule has 2 aliphatic rings. The van der Waals surface area contributed by atoms with Gasteiger partial charge in [0, 0.05) is 19.1 Å². The van der Waals surface area contributed by atoms with Crippen molar-refractivity contribution in [3.63, 3.8) is 0 Å². The largest absolute Gasteiger partial charge is 0.493 e. The Bertz CT molecular complexity index is 418. The van der Waals surface area contributed by atoms with Crippen molar-refractivity contribution in [3.8, 4) is 5.75 Å². The predicted molar refractivity (Wildman–Crippen MR) is 64.2 cm³/mol. The van der Waals surface area contributed by atoms with E-state index in [4.69, 9.17) is 9.47 Å². The monoisotopic (exact) mass is 234 g/mol. The summed E-state index contributed by atoms with van der Waals surface area (Å²) in [4.78, 5) is 0. The molecule has 17 heavy (non-hydrogen) atoms. The average Bonchev–Trinajstić information content (AvgIpc) is 2.75. The Labute approximate surface area is 101 Å². The van der Waals surface area contributed by atoms with E-state index in [2.05, 4.69) is 6.07 Å². The molecule has 3 heteroatoms. The van der Waals surface area contributed by atoms with Crippen molar-refractivity contribution in [2.24, 2.45) is 0 Å². The molecule has 1 aliphatic carbocycles. The van der Waals surface area contributed by atoms with Crippen LogP contribution in [0.2, 0.25) is 0 Å². The maximum Gasteiger partial charge on any atom is 0.128 e. The molecule has 1 aliphatic heterocycles. The van der Waals surface area contributed by atoms with Gasteiger partial charge in [0.2, 0.25) is 0 Å². The van der Waals surface area contributed by atoms with Gasteiger partial charge in [-0.15, -0.1) is 0 Å². The number of fused-ring (bicyclic) bond motifs is 1. The van der Waals surface area contributed by atoms with Crippen molar-refractivity contribution in [1.29, 1.82) is 0 Å². The first-order valence-electron chi connectivity index (χ1n) is 6.25. The molecule has 0 amide bonds. The summed E-state index contributed by atoms with van der Waals surface area (Å²) in [7, 11) is 1.69. The first-order valence-corrected chi connectivity index (χ1v) is 6.25. The zero-order valence-electron chi connectivity index (χ0n) is 10.1. The summed E-state index contributed by atoms with van der Waals surface area (Å²) < 4.78 is 11.2. The molecule has 3 nitrogen and oxygen atoms in total. The van der Waals surface area contributed by atoms with E-state index in [9.17, 15) is 5.11 Å². The zero-order valence-corrected chi connectivity index (χ0v) is 10.1. The van der Waals surface area contributed by atoms with E-state index in [0.717, 1.165) is 43.6 Å². The van der Waals surface area contributed by atoms with Crippen LogP contribution in [0.15, 0.2) is 18.2 Å². The van der Waals surface area contributed by atoms with E-state index in [1.165, 1.54) is 5.56 Å². The molecular weight excluding hydrogens is 216 g/mol. The molecule has 1 aromatic carbocycles. The van der Waals surface area contributed by atoms with Crippen molar-refractivity contribution >= 4 is 0 Å². The first kappa shape index (κ1) is 11.1. The van der Waals surface area contributed by atoms with Crippen LogP contribution in [0.1, 0.15) is 36.5 Å². The Kier molecular flexibility index (Phi) is 2.60. The lowest BCUT2D eigenvalue weighted by Gasteiger charge is -2.44. The van der Waals surface area contributed by atoms with Crippen LogP contribution < -0.4 is 4.74 Å². The van der Waals surface area contributed by atoms with Gasteiger partial charge in [0.25, 0.3) is 0 Å². The minimum Gasteiger partial charge on any atom is -0.493 e. The maximum absolute atomic E-state index is 10.5. The van der Waals surface area contributed by atoms with E-state index in [0.29, 0.717) is 0 Å². The molecule has 0 spiro atoms. The fourth-order valence-electron chi connectivity index (χ4n) is 2.85. The number of rotatable bonds is 3. The molecule has 1 atom stereocenters. The van der Waals surface area contributed by atoms with Gasteiger partial charge in [0.15, 0.2) is 0 Å². The van der Waals surface area contributed by atoms with Gasteiger partial charge >= 0.3 is 0 Å². The van der Waals surface area contributed by atoms with Gasteiger partial charge in [-0.3, -0.25) is 0 Å². The molecule has 1 N–H and O–H groups in total. The number of benzene rings is 1. The Morgan fingerprint density at radius 2 is 2.24 bits per heavy atom. The maximum atomic E-state index is 10.5. The summed E-state index contributed by atoms with van der Waals surface area (Å²) in [6.07, 6.45) is 3.34. The third-order valence-corrected chi connectivity index (χ3v) is 4.14. The van der Waals surface area contributed by atoms with Crippen LogP contribution >= 0.6 is 0 Å². The molecule has 1 heterocycles. The van der Waals surface area contributed by atoms with Gasteiger partial charge in [-0.2, -0.15) is 0 Å². The fraction of sp³-hybridized carbons (Fsp3) is 0.571. The van der Waals surface area contributed by atoms with Gasteiger partial charge < -0.3 is 14.6 Å². The smallest absolute Gasteiger partial charge is 0.128 e. The highest BCUT2D eigenvalue weighted by Gasteiger charge is 2.45. The minimum atomic E-state index is -0.575. The van der Waals surface area contributed by atoms with Crippen LogP contribution in [0.3, 0.4) is 0 Å². The van der Waals surface area contributed by atoms with Gasteiger partial charge in [0.05, 0.1) is 12.2 Å². The number of para-hydroxylation sites is 1. The molecule has 0 radical (unpaired) electrons. The van der Waals surface area contributed by atoms with Crippen LogP contribution in [0.25, 0.3) is 0 Å². The van der Waals surface area contributed by atoms with E-state index in [1.54, 1.807) is 7.11 Å². The van der Waals surface area contributed by atoms with Gasteiger partial charge in [-0.25, -0.2) is 0 Å². The third kappa shape index (κ3) is 1.57. The molecule has 3 rings (SSSR count). The molecule has 1 aromatic rings. The summed E-state index contributed by atoms with van der Waals surface area (Å²) in [5.41, 5.74) is 1.70. The predicted octanol–water partition coefficient (Wildman–Crippen LogP) is 2.22. The number of aliphatic hydroxyl groups excluding tert-OH is 1. The molecule has 0 bridgehead atoms. The van der Waals surface area contributed by atoms with Crippen LogP contribution in [-0.2, 0) is 11.2 Å². The minimum absolute atomic E-state index is 0.388. The molecule has 1 saturated carbocycles. The number of aliphatic hydroxyl groups is 1. The molecule has 1 fully saturated rings. The third-order valence-electron chi connectivity index (χ3n) is 4.14. The quantitative estimate of drug-likeness (QED) is 0.871. The van der Waals surface area contributed by atoms with Crippen molar-refractivity contribution in [3.05, 3.63) is 29.3 Å². The summed E-state index contributed by atoms with van der Waals surface area (Å²) in [6.45, 7) is 0.721. The second kappa shape index (κ2) is 4.00. The number of hydrogen-bond donors (Lipinski definition) is 1. The molecule has 92 valence electrons. The fourth-order valence-corrected chi connectivity index (χ4v) is 2.85. The Balaban J connectivity index is 1.96. The number of hydrogen-bond acceptors (Lipinski definition) is 3. The van der Waals surface area contributed by atoms with Crippen molar-refractivity contribution < 1.29 is 14.6 Å². The van der Waals surface area contributed by atoms with Crippen molar-refractivity contribution in [1.82, 2.24) is 0 Å². The van der Waals surface area contributed by atoms with Gasteiger partial charge in [-0.05, 0) is 24.8 Å². The van der Waals surface area contributed by atoms with E-state index in [1.807, 2.05) is 12.1 Å². The van der Waals surface area contributed by atoms with Crippen LogP contribution in [-0.4, -0.2) is 24.4 Å². The average molecular weight is 234 g/mol. The second-order valence-corrected chi connectivity index (χ2v) is 4.96. The zero-order chi connectivity index (χ0) is 11.9. The first-order chi connectivity index (χ1) is 8.27. The Morgan fingerprint density at radius 3 is 2.88 bits per heavy atom. The molecule has 1 unspecified atom stereocenters. The Hall–Kier alpha value is -1.06. The van der Waals surface area contributed by atoms with E-state index >= 15 is 0 Å². The lowest BCUT2D eigenvalue weighted by atomic mass is 9.73. The lowest BCUT2D eigenvalue weighted by molar-refractivity contribution is -0.152.